The minimum atomic E-state index is -0.632. The Morgan fingerprint density at radius 3 is 2.36 bits per heavy atom. The highest BCUT2D eigenvalue weighted by molar-refractivity contribution is 7.07. The summed E-state index contributed by atoms with van der Waals surface area (Å²) < 4.78 is 13.6. The highest BCUT2D eigenvalue weighted by Crippen LogP contribution is 2.32. The van der Waals surface area contributed by atoms with Gasteiger partial charge < -0.3 is 14.8 Å². The number of fused-ring (bicyclic) bond motifs is 1. The first-order chi connectivity index (χ1) is 20.3. The van der Waals surface area contributed by atoms with Crippen molar-refractivity contribution in [3.8, 4) is 11.5 Å². The van der Waals surface area contributed by atoms with Gasteiger partial charge in [0.25, 0.3) is 11.5 Å². The van der Waals surface area contributed by atoms with Crippen LogP contribution in [0.15, 0.2) is 93.9 Å². The summed E-state index contributed by atoms with van der Waals surface area (Å²) in [6.07, 6.45) is 1.84. The van der Waals surface area contributed by atoms with Crippen molar-refractivity contribution in [1.82, 2.24) is 4.57 Å². The average molecular weight is 582 g/mol. The van der Waals surface area contributed by atoms with Gasteiger partial charge in [0, 0.05) is 5.69 Å². The fourth-order valence-corrected chi connectivity index (χ4v) is 6.07. The molecular formula is C34H35N3O4S. The molecule has 42 heavy (non-hydrogen) atoms. The number of anilines is 1. The van der Waals surface area contributed by atoms with E-state index in [1.807, 2.05) is 87.5 Å². The fourth-order valence-electron chi connectivity index (χ4n) is 5.02. The number of rotatable bonds is 9. The number of ether oxygens (including phenoxy) is 2. The van der Waals surface area contributed by atoms with Gasteiger partial charge in [0.2, 0.25) is 0 Å². The summed E-state index contributed by atoms with van der Waals surface area (Å²) in [4.78, 5) is 33.1. The van der Waals surface area contributed by atoms with E-state index in [-0.39, 0.29) is 11.5 Å². The quantitative estimate of drug-likeness (QED) is 0.271. The standard InChI is InChI=1S/C34H35N3O4S/c1-6-40-27-18-13-23(19-28(27)41-7-2)20-29-33(39)37-31(25-16-14-24(15-17-25)21(3)4)30(22(5)35-34(37)42-29)32(38)36-26-11-9-8-10-12-26/h8-21,31H,6-7H2,1-5H3,(H,36,38)/b29-20-/t31-/m1/s1. The molecule has 5 rings (SSSR count). The van der Waals surface area contributed by atoms with Crippen LogP contribution < -0.4 is 29.7 Å². The van der Waals surface area contributed by atoms with E-state index in [0.717, 1.165) is 11.1 Å². The molecule has 0 radical (unpaired) electrons. The van der Waals surface area contributed by atoms with Crippen molar-refractivity contribution >= 4 is 29.0 Å². The maximum atomic E-state index is 14.1. The molecule has 0 saturated heterocycles. The Kier molecular flexibility index (Phi) is 8.73. The Balaban J connectivity index is 1.64. The minimum absolute atomic E-state index is 0.207. The third-order valence-corrected chi connectivity index (χ3v) is 8.06. The number of benzene rings is 3. The third-order valence-electron chi connectivity index (χ3n) is 7.08. The first-order valence-corrected chi connectivity index (χ1v) is 15.0. The number of carbonyl (C=O) groups is 1. The monoisotopic (exact) mass is 581 g/mol. The number of thiazole rings is 1. The van der Waals surface area contributed by atoms with Crippen LogP contribution in [-0.4, -0.2) is 23.7 Å². The summed E-state index contributed by atoms with van der Waals surface area (Å²) in [7, 11) is 0. The predicted octanol–water partition coefficient (Wildman–Crippen LogP) is 5.79. The van der Waals surface area contributed by atoms with E-state index in [2.05, 4.69) is 31.3 Å². The van der Waals surface area contributed by atoms with E-state index in [4.69, 9.17) is 14.5 Å². The van der Waals surface area contributed by atoms with Gasteiger partial charge in [-0.25, -0.2) is 4.99 Å². The highest BCUT2D eigenvalue weighted by atomic mass is 32.1. The van der Waals surface area contributed by atoms with Crippen LogP contribution in [0.2, 0.25) is 0 Å². The third kappa shape index (κ3) is 5.94. The van der Waals surface area contributed by atoms with Crippen molar-refractivity contribution in [3.05, 3.63) is 120 Å². The Morgan fingerprint density at radius 2 is 1.69 bits per heavy atom. The number of hydrogen-bond donors (Lipinski definition) is 1. The normalized spacial score (nSPS) is 14.9. The summed E-state index contributed by atoms with van der Waals surface area (Å²) in [5, 5.41) is 3.00. The van der Waals surface area contributed by atoms with Crippen LogP contribution in [0.25, 0.3) is 6.08 Å². The predicted molar refractivity (Wildman–Crippen MR) is 168 cm³/mol. The van der Waals surface area contributed by atoms with Gasteiger partial charge in [0.15, 0.2) is 16.3 Å². The first kappa shape index (κ1) is 29.1. The number of hydrogen-bond acceptors (Lipinski definition) is 6. The molecule has 0 spiro atoms. The number of nitrogens with zero attached hydrogens (tertiary/aromatic N) is 2. The van der Waals surface area contributed by atoms with Gasteiger partial charge in [-0.05, 0) is 73.7 Å². The summed E-state index contributed by atoms with van der Waals surface area (Å²) in [5.74, 6) is 1.35. The SMILES string of the molecule is CCOc1ccc(/C=c2\sc3n(c2=O)[C@H](c2ccc(C(C)C)cc2)C(C(=O)Nc2ccccc2)=C(C)N=3)cc1OCC. The van der Waals surface area contributed by atoms with Crippen LogP contribution in [0.5, 0.6) is 11.5 Å². The summed E-state index contributed by atoms with van der Waals surface area (Å²) in [5.41, 5.74) is 4.32. The molecule has 7 nitrogen and oxygen atoms in total. The molecule has 1 atom stereocenters. The molecule has 4 aromatic rings. The lowest BCUT2D eigenvalue weighted by Crippen LogP contribution is -2.40. The highest BCUT2D eigenvalue weighted by Gasteiger charge is 2.32. The van der Waals surface area contributed by atoms with Crippen LogP contribution in [0, 0.1) is 0 Å². The summed E-state index contributed by atoms with van der Waals surface area (Å²) >= 11 is 1.31. The molecule has 1 aromatic heterocycles. The van der Waals surface area contributed by atoms with Gasteiger partial charge in [-0.1, -0.05) is 73.7 Å². The Morgan fingerprint density at radius 1 is 1.00 bits per heavy atom. The molecule has 0 unspecified atom stereocenters. The Labute approximate surface area is 249 Å². The number of nitrogens with one attached hydrogen (secondary N) is 1. The van der Waals surface area contributed by atoms with Gasteiger partial charge in [-0.15, -0.1) is 0 Å². The average Bonchev–Trinajstić information content (AvgIpc) is 3.28. The molecule has 2 heterocycles. The molecule has 0 fully saturated rings. The molecule has 1 aliphatic rings. The number of amides is 1. The lowest BCUT2D eigenvalue weighted by Gasteiger charge is -2.25. The maximum absolute atomic E-state index is 14.1. The number of carbonyl (C=O) groups excluding carboxylic acids is 1. The summed E-state index contributed by atoms with van der Waals surface area (Å²) in [6, 6.07) is 22.4. The van der Waals surface area contributed by atoms with E-state index in [9.17, 15) is 9.59 Å². The molecule has 3 aromatic carbocycles. The van der Waals surface area contributed by atoms with Gasteiger partial charge in [0.05, 0.1) is 35.1 Å². The van der Waals surface area contributed by atoms with Gasteiger partial charge >= 0.3 is 0 Å². The van der Waals surface area contributed by atoms with Crippen LogP contribution in [0.3, 0.4) is 0 Å². The van der Waals surface area contributed by atoms with Crippen molar-refractivity contribution in [2.75, 3.05) is 18.5 Å². The molecule has 0 saturated carbocycles. The Bertz CT molecular complexity index is 1800. The molecule has 0 bridgehead atoms. The topological polar surface area (TPSA) is 81.9 Å². The number of aromatic nitrogens is 1. The second-order valence-electron chi connectivity index (χ2n) is 10.3. The zero-order valence-corrected chi connectivity index (χ0v) is 25.3. The Hall–Kier alpha value is -4.43. The molecule has 8 heteroatoms. The zero-order chi connectivity index (χ0) is 29.8. The van der Waals surface area contributed by atoms with Crippen molar-refractivity contribution in [1.29, 1.82) is 0 Å². The zero-order valence-electron chi connectivity index (χ0n) is 24.5. The van der Waals surface area contributed by atoms with Crippen molar-refractivity contribution in [2.24, 2.45) is 4.99 Å². The molecule has 216 valence electrons. The van der Waals surface area contributed by atoms with Gasteiger partial charge in [0.1, 0.15) is 0 Å². The second kappa shape index (κ2) is 12.6. The van der Waals surface area contributed by atoms with E-state index < -0.39 is 6.04 Å². The van der Waals surface area contributed by atoms with Gasteiger partial charge in [-0.3, -0.25) is 14.2 Å². The lowest BCUT2D eigenvalue weighted by molar-refractivity contribution is -0.113. The van der Waals surface area contributed by atoms with Crippen LogP contribution >= 0.6 is 11.3 Å². The second-order valence-corrected chi connectivity index (χ2v) is 11.3. The van der Waals surface area contributed by atoms with Crippen molar-refractivity contribution in [3.63, 3.8) is 0 Å². The smallest absolute Gasteiger partial charge is 0.271 e. The van der Waals surface area contributed by atoms with E-state index in [0.29, 0.717) is 56.9 Å². The van der Waals surface area contributed by atoms with E-state index in [1.165, 1.54) is 16.9 Å². The van der Waals surface area contributed by atoms with Crippen molar-refractivity contribution < 1.29 is 14.3 Å². The largest absolute Gasteiger partial charge is 0.490 e. The molecule has 1 N–H and O–H groups in total. The molecule has 0 aliphatic carbocycles. The van der Waals surface area contributed by atoms with E-state index >= 15 is 0 Å². The van der Waals surface area contributed by atoms with Crippen LogP contribution in [0.1, 0.15) is 63.3 Å². The van der Waals surface area contributed by atoms with Gasteiger partial charge in [-0.2, -0.15) is 0 Å². The molecule has 1 aliphatic heterocycles. The fraction of sp³-hybridized carbons (Fsp3) is 0.265. The maximum Gasteiger partial charge on any atom is 0.271 e. The molecular weight excluding hydrogens is 546 g/mol. The lowest BCUT2D eigenvalue weighted by atomic mass is 9.93. The van der Waals surface area contributed by atoms with E-state index in [1.54, 1.807) is 4.57 Å². The summed E-state index contributed by atoms with van der Waals surface area (Å²) in [6.45, 7) is 11.0. The van der Waals surface area contributed by atoms with Crippen molar-refractivity contribution in [2.45, 2.75) is 46.6 Å². The van der Waals surface area contributed by atoms with Crippen LogP contribution in [-0.2, 0) is 4.79 Å². The minimum Gasteiger partial charge on any atom is -0.490 e. The van der Waals surface area contributed by atoms with Crippen LogP contribution in [0.4, 0.5) is 5.69 Å². The first-order valence-electron chi connectivity index (χ1n) is 14.2. The number of allylic oxidation sites excluding steroid dienone is 1. The number of para-hydroxylation sites is 1. The molecule has 1 amide bonds.